The molecule has 0 saturated carbocycles. The second-order valence-electron chi connectivity index (χ2n) is 8.15. The topological polar surface area (TPSA) is 82.2 Å². The minimum absolute atomic E-state index is 0.240. The molecular weight excluding hydrogens is 428 g/mol. The number of rotatable bonds is 7. The van der Waals surface area contributed by atoms with Crippen LogP contribution in [0.3, 0.4) is 0 Å². The molecule has 1 N–H and O–H groups in total. The maximum Gasteiger partial charge on any atom is 0.259 e. The number of anilines is 1. The molecule has 0 aliphatic carbocycles. The van der Waals surface area contributed by atoms with Gasteiger partial charge in [0.2, 0.25) is 0 Å². The average molecular weight is 453 g/mol. The number of aromatic nitrogens is 3. The zero-order chi connectivity index (χ0) is 23.5. The molecule has 0 bridgehead atoms. The summed E-state index contributed by atoms with van der Waals surface area (Å²) in [7, 11) is 0. The number of nitrogens with zero attached hydrogens (tertiary/aromatic N) is 3. The highest BCUT2D eigenvalue weighted by Gasteiger charge is 2.17. The Morgan fingerprint density at radius 3 is 2.59 bits per heavy atom. The fourth-order valence-corrected chi connectivity index (χ4v) is 3.90. The minimum Gasteiger partial charge on any atom is -0.488 e. The minimum atomic E-state index is -0.240. The fourth-order valence-electron chi connectivity index (χ4n) is 3.90. The van der Waals surface area contributed by atoms with Crippen molar-refractivity contribution in [2.75, 3.05) is 5.32 Å². The number of amides is 1. The second kappa shape index (κ2) is 9.23. The standard InChI is InChI=1S/C27H24N4O3/c1-18-25(19(2)34-30-18)17-33-26-15-22-9-4-3-8-21(22)14-24(26)27(32)29-23-10-5-7-20(13-23)16-31-12-6-11-28-31/h3-15H,16-17H2,1-2H3,(H,29,32). The first-order valence-electron chi connectivity index (χ1n) is 11.0. The summed E-state index contributed by atoms with van der Waals surface area (Å²) in [5, 5.41) is 13.2. The summed E-state index contributed by atoms with van der Waals surface area (Å²) in [6.07, 6.45) is 3.65. The summed E-state index contributed by atoms with van der Waals surface area (Å²) in [4.78, 5) is 13.4. The molecule has 0 fully saturated rings. The molecule has 0 aliphatic heterocycles. The molecule has 0 saturated heterocycles. The molecule has 5 aromatic rings. The lowest BCUT2D eigenvalue weighted by atomic mass is 10.0. The Hall–Kier alpha value is -4.39. The summed E-state index contributed by atoms with van der Waals surface area (Å²) >= 11 is 0. The fraction of sp³-hybridized carbons (Fsp3) is 0.148. The molecule has 0 spiro atoms. The number of carbonyl (C=O) groups is 1. The van der Waals surface area contributed by atoms with Crippen molar-refractivity contribution < 1.29 is 14.1 Å². The zero-order valence-electron chi connectivity index (χ0n) is 19.0. The lowest BCUT2D eigenvalue weighted by Crippen LogP contribution is -2.14. The number of hydrogen-bond donors (Lipinski definition) is 1. The van der Waals surface area contributed by atoms with Crippen molar-refractivity contribution in [3.8, 4) is 5.75 Å². The Labute approximate surface area is 197 Å². The number of ether oxygens (including phenoxy) is 1. The summed E-state index contributed by atoms with van der Waals surface area (Å²) in [6.45, 7) is 4.61. The van der Waals surface area contributed by atoms with Gasteiger partial charge in [0, 0.05) is 18.1 Å². The van der Waals surface area contributed by atoms with E-state index in [1.807, 2.05) is 91.5 Å². The molecule has 2 heterocycles. The van der Waals surface area contributed by atoms with Crippen molar-refractivity contribution in [1.82, 2.24) is 14.9 Å². The van der Waals surface area contributed by atoms with Crippen molar-refractivity contribution in [2.24, 2.45) is 0 Å². The maximum atomic E-state index is 13.4. The number of aryl methyl sites for hydroxylation is 2. The summed E-state index contributed by atoms with van der Waals surface area (Å²) < 4.78 is 13.2. The number of hydrogen-bond acceptors (Lipinski definition) is 5. The van der Waals surface area contributed by atoms with Crippen LogP contribution in [-0.2, 0) is 13.2 Å². The highest BCUT2D eigenvalue weighted by Crippen LogP contribution is 2.29. The molecule has 34 heavy (non-hydrogen) atoms. The van der Waals surface area contributed by atoms with E-state index >= 15 is 0 Å². The van der Waals surface area contributed by atoms with Crippen LogP contribution in [0.2, 0.25) is 0 Å². The first-order chi connectivity index (χ1) is 16.6. The van der Waals surface area contributed by atoms with Crippen LogP contribution < -0.4 is 10.1 Å². The summed E-state index contributed by atoms with van der Waals surface area (Å²) in [6, 6.07) is 21.3. The van der Waals surface area contributed by atoms with E-state index in [4.69, 9.17) is 9.26 Å². The Bertz CT molecular complexity index is 1430. The molecule has 5 rings (SSSR count). The summed E-state index contributed by atoms with van der Waals surface area (Å²) in [5.41, 5.74) is 3.86. The first-order valence-corrected chi connectivity index (χ1v) is 11.0. The number of carbonyl (C=O) groups excluding carboxylic acids is 1. The molecule has 2 aromatic heterocycles. The number of nitrogens with one attached hydrogen (secondary N) is 1. The lowest BCUT2D eigenvalue weighted by molar-refractivity contribution is 0.102. The van der Waals surface area contributed by atoms with E-state index < -0.39 is 0 Å². The quantitative estimate of drug-likeness (QED) is 0.352. The van der Waals surface area contributed by atoms with E-state index in [9.17, 15) is 4.79 Å². The molecule has 7 nitrogen and oxygen atoms in total. The largest absolute Gasteiger partial charge is 0.488 e. The lowest BCUT2D eigenvalue weighted by Gasteiger charge is -2.14. The van der Waals surface area contributed by atoms with Gasteiger partial charge in [0.25, 0.3) is 5.91 Å². The van der Waals surface area contributed by atoms with Gasteiger partial charge in [-0.25, -0.2) is 0 Å². The molecule has 0 atom stereocenters. The van der Waals surface area contributed by atoms with Gasteiger partial charge in [-0.05, 0) is 60.5 Å². The van der Waals surface area contributed by atoms with Crippen molar-refractivity contribution in [1.29, 1.82) is 0 Å². The smallest absolute Gasteiger partial charge is 0.259 e. The third-order valence-corrected chi connectivity index (χ3v) is 5.73. The van der Waals surface area contributed by atoms with Gasteiger partial charge in [-0.1, -0.05) is 41.6 Å². The molecule has 0 unspecified atom stereocenters. The van der Waals surface area contributed by atoms with E-state index in [0.717, 1.165) is 27.6 Å². The number of benzene rings is 3. The Morgan fingerprint density at radius 1 is 1.03 bits per heavy atom. The molecule has 1 amide bonds. The third kappa shape index (κ3) is 4.54. The normalized spacial score (nSPS) is 11.0. The van der Waals surface area contributed by atoms with E-state index in [-0.39, 0.29) is 12.5 Å². The first kappa shape index (κ1) is 21.5. The van der Waals surface area contributed by atoms with Crippen LogP contribution in [0, 0.1) is 13.8 Å². The van der Waals surface area contributed by atoms with Gasteiger partial charge in [-0.3, -0.25) is 9.48 Å². The highest BCUT2D eigenvalue weighted by molar-refractivity contribution is 6.08. The van der Waals surface area contributed by atoms with Gasteiger partial charge < -0.3 is 14.6 Å². The molecule has 170 valence electrons. The monoisotopic (exact) mass is 452 g/mol. The van der Waals surface area contributed by atoms with E-state index in [1.165, 1.54) is 0 Å². The van der Waals surface area contributed by atoms with E-state index in [1.54, 1.807) is 6.20 Å². The van der Waals surface area contributed by atoms with Gasteiger partial charge in [-0.2, -0.15) is 5.10 Å². The van der Waals surface area contributed by atoms with Gasteiger partial charge in [0.05, 0.1) is 23.4 Å². The van der Waals surface area contributed by atoms with Crippen molar-refractivity contribution in [3.63, 3.8) is 0 Å². The molecule has 3 aromatic carbocycles. The van der Waals surface area contributed by atoms with Crippen molar-refractivity contribution in [3.05, 3.63) is 107 Å². The van der Waals surface area contributed by atoms with Gasteiger partial charge in [0.1, 0.15) is 18.1 Å². The van der Waals surface area contributed by atoms with Crippen LogP contribution in [0.1, 0.15) is 32.9 Å². The van der Waals surface area contributed by atoms with Crippen LogP contribution in [0.5, 0.6) is 5.75 Å². The third-order valence-electron chi connectivity index (χ3n) is 5.73. The second-order valence-corrected chi connectivity index (χ2v) is 8.15. The van der Waals surface area contributed by atoms with Crippen LogP contribution >= 0.6 is 0 Å². The van der Waals surface area contributed by atoms with Crippen LogP contribution in [0.15, 0.2) is 83.6 Å². The predicted molar refractivity (Wildman–Crippen MR) is 130 cm³/mol. The Kier molecular flexibility index (Phi) is 5.82. The van der Waals surface area contributed by atoms with Crippen LogP contribution in [0.4, 0.5) is 5.69 Å². The average Bonchev–Trinajstić information content (AvgIpc) is 3.46. The zero-order valence-corrected chi connectivity index (χ0v) is 19.0. The van der Waals surface area contributed by atoms with Crippen molar-refractivity contribution >= 4 is 22.4 Å². The SMILES string of the molecule is Cc1noc(C)c1COc1cc2ccccc2cc1C(=O)Nc1cccc(Cn2cccn2)c1. The van der Waals surface area contributed by atoms with Crippen LogP contribution in [0.25, 0.3) is 10.8 Å². The number of fused-ring (bicyclic) bond motifs is 1. The van der Waals surface area contributed by atoms with Gasteiger partial charge in [-0.15, -0.1) is 0 Å². The van der Waals surface area contributed by atoms with Gasteiger partial charge in [0.15, 0.2) is 0 Å². The highest BCUT2D eigenvalue weighted by atomic mass is 16.5. The molecular formula is C27H24N4O3. The van der Waals surface area contributed by atoms with Gasteiger partial charge >= 0.3 is 0 Å². The molecule has 7 heteroatoms. The molecule has 0 radical (unpaired) electrons. The van der Waals surface area contributed by atoms with Crippen molar-refractivity contribution in [2.45, 2.75) is 27.0 Å². The molecule has 0 aliphatic rings. The summed E-state index contributed by atoms with van der Waals surface area (Å²) in [5.74, 6) is 0.970. The van der Waals surface area contributed by atoms with E-state index in [2.05, 4.69) is 15.6 Å². The Morgan fingerprint density at radius 2 is 1.85 bits per heavy atom. The predicted octanol–water partition coefficient (Wildman–Crippen LogP) is 5.52. The Balaban J connectivity index is 1.42. The van der Waals surface area contributed by atoms with E-state index in [0.29, 0.717) is 29.3 Å². The van der Waals surface area contributed by atoms with Crippen LogP contribution in [-0.4, -0.2) is 20.8 Å². The maximum absolute atomic E-state index is 13.4.